The predicted octanol–water partition coefficient (Wildman–Crippen LogP) is 1.88. The fraction of sp³-hybridized carbons (Fsp3) is 0.200. The molecule has 2 amide bonds. The number of aryl methyl sites for hydroxylation is 1. The van der Waals surface area contributed by atoms with Crippen molar-refractivity contribution >= 4 is 17.5 Å². The molecule has 3 rings (SSSR count). The Morgan fingerprint density at radius 2 is 1.81 bits per heavy atom. The lowest BCUT2D eigenvalue weighted by Gasteiger charge is -2.09. The summed E-state index contributed by atoms with van der Waals surface area (Å²) in [5.41, 5.74) is 1.32. The number of hydrogen-bond acceptors (Lipinski definition) is 8. The molecule has 1 heterocycles. The number of rotatable bonds is 9. The van der Waals surface area contributed by atoms with E-state index >= 15 is 0 Å². The molecule has 3 aromatic rings. The Hall–Kier alpha value is -4.28. The molecule has 0 aliphatic carbocycles. The molecular weight excluding hydrogens is 406 g/mol. The van der Waals surface area contributed by atoms with Crippen LogP contribution in [-0.2, 0) is 4.79 Å². The van der Waals surface area contributed by atoms with Crippen LogP contribution in [0, 0.1) is 17.0 Å². The van der Waals surface area contributed by atoms with E-state index in [1.165, 1.54) is 24.3 Å². The van der Waals surface area contributed by atoms with E-state index in [0.717, 1.165) is 5.56 Å². The normalized spacial score (nSPS) is 10.4. The molecule has 0 radical (unpaired) electrons. The second-order valence-corrected chi connectivity index (χ2v) is 6.39. The topological polar surface area (TPSA) is 149 Å². The highest BCUT2D eigenvalue weighted by atomic mass is 16.6. The second kappa shape index (κ2) is 9.96. The summed E-state index contributed by atoms with van der Waals surface area (Å²) < 4.78 is 10.4. The van der Waals surface area contributed by atoms with Gasteiger partial charge in [-0.3, -0.25) is 19.7 Å². The van der Waals surface area contributed by atoms with Crippen LogP contribution in [0.1, 0.15) is 16.2 Å². The number of nitrogens with one attached hydrogen (secondary N) is 2. The van der Waals surface area contributed by atoms with E-state index in [-0.39, 0.29) is 43.0 Å². The van der Waals surface area contributed by atoms with Gasteiger partial charge in [0.1, 0.15) is 5.75 Å². The first kappa shape index (κ1) is 21.4. The van der Waals surface area contributed by atoms with E-state index in [1.54, 1.807) is 6.07 Å². The van der Waals surface area contributed by atoms with Crippen LogP contribution in [0.2, 0.25) is 0 Å². The zero-order valence-electron chi connectivity index (χ0n) is 16.5. The number of aromatic nitrogens is 2. The Morgan fingerprint density at radius 3 is 2.52 bits per heavy atom. The second-order valence-electron chi connectivity index (χ2n) is 6.39. The monoisotopic (exact) mass is 425 g/mol. The fourth-order valence-corrected chi connectivity index (χ4v) is 2.53. The first-order valence-corrected chi connectivity index (χ1v) is 9.26. The van der Waals surface area contributed by atoms with Crippen LogP contribution in [0.15, 0.2) is 53.1 Å². The van der Waals surface area contributed by atoms with Crippen LogP contribution < -0.4 is 15.4 Å². The standard InChI is InChI=1S/C20H19N5O6/c1-13-4-2-3-5-16(13)30-12-17(26)21-10-11-22-19(27)20-23-18(24-31-20)14-6-8-15(9-7-14)25(28)29/h2-9H,10-12H2,1H3,(H,21,26)(H,22,27). The van der Waals surface area contributed by atoms with Gasteiger partial charge in [0.25, 0.3) is 11.6 Å². The van der Waals surface area contributed by atoms with Gasteiger partial charge in [-0.1, -0.05) is 23.4 Å². The van der Waals surface area contributed by atoms with E-state index in [1.807, 2.05) is 25.1 Å². The summed E-state index contributed by atoms with van der Waals surface area (Å²) in [4.78, 5) is 38.1. The minimum atomic E-state index is -0.605. The first-order chi connectivity index (χ1) is 14.9. The molecule has 160 valence electrons. The lowest BCUT2D eigenvalue weighted by molar-refractivity contribution is -0.384. The number of nitrogens with zero attached hydrogens (tertiary/aromatic N) is 3. The maximum atomic E-state index is 12.1. The number of hydrogen-bond donors (Lipinski definition) is 2. The van der Waals surface area contributed by atoms with Crippen LogP contribution in [0.5, 0.6) is 5.75 Å². The Bertz CT molecular complexity index is 1080. The average Bonchev–Trinajstić information content (AvgIpc) is 3.26. The lowest BCUT2D eigenvalue weighted by atomic mass is 10.2. The van der Waals surface area contributed by atoms with Gasteiger partial charge < -0.3 is 19.9 Å². The van der Waals surface area contributed by atoms with Gasteiger partial charge in [0, 0.05) is 30.8 Å². The zero-order valence-corrected chi connectivity index (χ0v) is 16.5. The van der Waals surface area contributed by atoms with E-state index in [4.69, 9.17) is 9.26 Å². The molecule has 0 spiro atoms. The largest absolute Gasteiger partial charge is 0.484 e. The minimum Gasteiger partial charge on any atom is -0.484 e. The highest BCUT2D eigenvalue weighted by Crippen LogP contribution is 2.19. The molecule has 2 aromatic carbocycles. The zero-order chi connectivity index (χ0) is 22.2. The third-order valence-corrected chi connectivity index (χ3v) is 4.14. The Labute approximate surface area is 176 Å². The summed E-state index contributed by atoms with van der Waals surface area (Å²) in [6.45, 7) is 2.07. The molecule has 0 unspecified atom stereocenters. The molecule has 31 heavy (non-hydrogen) atoms. The maximum absolute atomic E-state index is 12.1. The van der Waals surface area contributed by atoms with Crippen molar-refractivity contribution < 1.29 is 23.8 Å². The Balaban J connectivity index is 1.41. The van der Waals surface area contributed by atoms with Gasteiger partial charge in [0.2, 0.25) is 5.82 Å². The average molecular weight is 425 g/mol. The molecule has 0 bridgehead atoms. The molecular formula is C20H19N5O6. The Kier molecular flexibility index (Phi) is 6.89. The van der Waals surface area contributed by atoms with E-state index in [0.29, 0.717) is 11.3 Å². The highest BCUT2D eigenvalue weighted by Gasteiger charge is 2.16. The molecule has 0 aliphatic rings. The van der Waals surface area contributed by atoms with Gasteiger partial charge in [-0.2, -0.15) is 4.98 Å². The summed E-state index contributed by atoms with van der Waals surface area (Å²) in [6.07, 6.45) is 0. The summed E-state index contributed by atoms with van der Waals surface area (Å²) in [5.74, 6) is -0.433. The number of para-hydroxylation sites is 1. The third kappa shape index (κ3) is 5.85. The van der Waals surface area contributed by atoms with Gasteiger partial charge >= 0.3 is 11.8 Å². The third-order valence-electron chi connectivity index (χ3n) is 4.14. The molecule has 11 nitrogen and oxygen atoms in total. The van der Waals surface area contributed by atoms with Crippen molar-refractivity contribution in [2.75, 3.05) is 19.7 Å². The van der Waals surface area contributed by atoms with Crippen molar-refractivity contribution in [3.05, 3.63) is 70.1 Å². The lowest BCUT2D eigenvalue weighted by Crippen LogP contribution is -2.36. The number of benzene rings is 2. The van der Waals surface area contributed by atoms with Crippen molar-refractivity contribution in [2.45, 2.75) is 6.92 Å². The summed E-state index contributed by atoms with van der Waals surface area (Å²) in [6, 6.07) is 12.9. The van der Waals surface area contributed by atoms with Gasteiger partial charge in [0.05, 0.1) is 4.92 Å². The summed E-state index contributed by atoms with van der Waals surface area (Å²) >= 11 is 0. The SMILES string of the molecule is Cc1ccccc1OCC(=O)NCCNC(=O)c1nc(-c2ccc([N+](=O)[O-])cc2)no1. The van der Waals surface area contributed by atoms with Crippen LogP contribution in [0.25, 0.3) is 11.4 Å². The van der Waals surface area contributed by atoms with Crippen LogP contribution in [0.4, 0.5) is 5.69 Å². The smallest absolute Gasteiger partial charge is 0.316 e. The van der Waals surface area contributed by atoms with Crippen LogP contribution in [-0.4, -0.2) is 46.6 Å². The van der Waals surface area contributed by atoms with Gasteiger partial charge in [-0.25, -0.2) is 0 Å². The van der Waals surface area contributed by atoms with Crippen molar-refractivity contribution in [1.82, 2.24) is 20.8 Å². The van der Waals surface area contributed by atoms with Crippen LogP contribution >= 0.6 is 0 Å². The van der Waals surface area contributed by atoms with Crippen molar-refractivity contribution in [3.63, 3.8) is 0 Å². The van der Waals surface area contributed by atoms with E-state index in [2.05, 4.69) is 20.8 Å². The molecule has 0 saturated carbocycles. The molecule has 2 N–H and O–H groups in total. The number of non-ortho nitro benzene ring substituents is 1. The van der Waals surface area contributed by atoms with E-state index in [9.17, 15) is 19.7 Å². The van der Waals surface area contributed by atoms with Gasteiger partial charge in [0.15, 0.2) is 6.61 Å². The van der Waals surface area contributed by atoms with Crippen molar-refractivity contribution in [2.24, 2.45) is 0 Å². The molecule has 0 aliphatic heterocycles. The summed E-state index contributed by atoms with van der Waals surface area (Å²) in [7, 11) is 0. The summed E-state index contributed by atoms with van der Waals surface area (Å²) in [5, 5.41) is 19.6. The molecule has 1 aromatic heterocycles. The Morgan fingerprint density at radius 1 is 1.10 bits per heavy atom. The van der Waals surface area contributed by atoms with Gasteiger partial charge in [-0.05, 0) is 30.7 Å². The number of nitro groups is 1. The molecule has 0 fully saturated rings. The quantitative estimate of drug-likeness (QED) is 0.300. The van der Waals surface area contributed by atoms with Crippen molar-refractivity contribution in [3.8, 4) is 17.1 Å². The van der Waals surface area contributed by atoms with Crippen LogP contribution in [0.3, 0.4) is 0 Å². The minimum absolute atomic E-state index is 0.0726. The predicted molar refractivity (Wildman–Crippen MR) is 108 cm³/mol. The maximum Gasteiger partial charge on any atom is 0.316 e. The number of ether oxygens (including phenoxy) is 1. The number of nitro benzene ring substituents is 1. The van der Waals surface area contributed by atoms with Crippen molar-refractivity contribution in [1.29, 1.82) is 0 Å². The number of amides is 2. The van der Waals surface area contributed by atoms with Gasteiger partial charge in [-0.15, -0.1) is 0 Å². The molecule has 0 atom stereocenters. The first-order valence-electron chi connectivity index (χ1n) is 9.26. The number of carbonyl (C=O) groups excluding carboxylic acids is 2. The highest BCUT2D eigenvalue weighted by molar-refractivity contribution is 5.89. The molecule has 11 heteroatoms. The molecule has 0 saturated heterocycles. The number of carbonyl (C=O) groups is 2. The van der Waals surface area contributed by atoms with E-state index < -0.39 is 10.8 Å². The fourth-order valence-electron chi connectivity index (χ4n) is 2.53.